The highest BCUT2D eigenvalue weighted by molar-refractivity contribution is 5.69. The van der Waals surface area contributed by atoms with Crippen molar-refractivity contribution in [1.29, 1.82) is 0 Å². The van der Waals surface area contributed by atoms with Gasteiger partial charge in [0, 0.05) is 11.8 Å². The lowest BCUT2D eigenvalue weighted by atomic mass is 10.2. The van der Waals surface area contributed by atoms with E-state index in [9.17, 15) is 4.79 Å². The molecule has 6 nitrogen and oxygen atoms in total. The Morgan fingerprint density at radius 3 is 2.89 bits per heavy atom. The minimum Gasteiger partial charge on any atom is -0.496 e. The molecule has 0 radical (unpaired) electrons. The van der Waals surface area contributed by atoms with Gasteiger partial charge in [-0.1, -0.05) is 18.2 Å². The van der Waals surface area contributed by atoms with Gasteiger partial charge >= 0.3 is 5.97 Å². The van der Waals surface area contributed by atoms with Crippen LogP contribution in [0.5, 0.6) is 5.75 Å². The molecule has 2 N–H and O–H groups in total. The van der Waals surface area contributed by atoms with E-state index in [1.807, 2.05) is 24.3 Å². The molecule has 2 rings (SSSR count). The number of aromatic nitrogens is 2. The summed E-state index contributed by atoms with van der Waals surface area (Å²) in [6, 6.07) is 7.38. The normalized spacial score (nSPS) is 10.2. The van der Waals surface area contributed by atoms with E-state index in [0.29, 0.717) is 11.4 Å². The van der Waals surface area contributed by atoms with Gasteiger partial charge in [-0.15, -0.1) is 0 Å². The molecule has 1 heterocycles. The predicted molar refractivity (Wildman–Crippen MR) is 69.4 cm³/mol. The fourth-order valence-electron chi connectivity index (χ4n) is 1.62. The number of rotatable bonds is 5. The first-order chi connectivity index (χ1) is 9.19. The summed E-state index contributed by atoms with van der Waals surface area (Å²) < 4.78 is 11.8. The van der Waals surface area contributed by atoms with Gasteiger partial charge in [-0.05, 0) is 6.07 Å². The van der Waals surface area contributed by atoms with Crippen LogP contribution in [-0.4, -0.2) is 22.9 Å². The highest BCUT2D eigenvalue weighted by atomic mass is 16.5. The van der Waals surface area contributed by atoms with Crippen LogP contribution in [0.4, 0.5) is 5.69 Å². The third-order valence-corrected chi connectivity index (χ3v) is 2.53. The Bertz CT molecular complexity index is 566. The van der Waals surface area contributed by atoms with E-state index in [4.69, 9.17) is 15.2 Å². The Kier molecular flexibility index (Phi) is 4.02. The van der Waals surface area contributed by atoms with Crippen molar-refractivity contribution in [2.24, 2.45) is 0 Å². The molecule has 0 saturated heterocycles. The second kappa shape index (κ2) is 5.90. The van der Waals surface area contributed by atoms with Gasteiger partial charge in [-0.2, -0.15) is 5.10 Å². The van der Waals surface area contributed by atoms with Gasteiger partial charge < -0.3 is 15.2 Å². The van der Waals surface area contributed by atoms with Gasteiger partial charge in [-0.25, -0.2) is 0 Å². The average molecular weight is 261 g/mol. The van der Waals surface area contributed by atoms with Gasteiger partial charge in [0.25, 0.3) is 0 Å². The van der Waals surface area contributed by atoms with Gasteiger partial charge in [0.2, 0.25) is 0 Å². The molecular formula is C13H15N3O3. The molecule has 1 aromatic carbocycles. The largest absolute Gasteiger partial charge is 0.496 e. The van der Waals surface area contributed by atoms with Crippen LogP contribution in [0.25, 0.3) is 0 Å². The maximum absolute atomic E-state index is 11.6. The maximum Gasteiger partial charge on any atom is 0.328 e. The second-order valence-electron chi connectivity index (χ2n) is 3.94. The molecule has 100 valence electrons. The number of anilines is 1. The van der Waals surface area contributed by atoms with Crippen molar-refractivity contribution in [3.63, 3.8) is 0 Å². The number of methoxy groups -OCH3 is 1. The number of hydrogen-bond donors (Lipinski definition) is 1. The SMILES string of the molecule is COc1ccccc1COC(=O)Cn1cc(N)cn1. The van der Waals surface area contributed by atoms with Crippen molar-refractivity contribution < 1.29 is 14.3 Å². The Morgan fingerprint density at radius 2 is 2.21 bits per heavy atom. The number of nitrogen functional groups attached to an aromatic ring is 1. The molecule has 0 unspecified atom stereocenters. The van der Waals surface area contributed by atoms with Crippen LogP contribution < -0.4 is 10.5 Å². The molecule has 2 aromatic rings. The fraction of sp³-hybridized carbons (Fsp3) is 0.231. The monoisotopic (exact) mass is 261 g/mol. The van der Waals surface area contributed by atoms with Crippen molar-refractivity contribution in [3.05, 3.63) is 42.2 Å². The van der Waals surface area contributed by atoms with Crippen LogP contribution in [-0.2, 0) is 22.7 Å². The molecule has 0 aliphatic carbocycles. The van der Waals surface area contributed by atoms with E-state index in [1.54, 1.807) is 13.3 Å². The molecule has 0 bridgehead atoms. The van der Waals surface area contributed by atoms with Crippen LogP contribution in [0.2, 0.25) is 0 Å². The molecule has 19 heavy (non-hydrogen) atoms. The summed E-state index contributed by atoms with van der Waals surface area (Å²) in [5, 5.41) is 3.91. The lowest BCUT2D eigenvalue weighted by molar-refractivity contribution is -0.145. The molecule has 0 amide bonds. The standard InChI is InChI=1S/C13H15N3O3/c1-18-12-5-3-2-4-10(12)9-19-13(17)8-16-7-11(14)6-15-16/h2-7H,8-9,14H2,1H3. The third-order valence-electron chi connectivity index (χ3n) is 2.53. The number of hydrogen-bond acceptors (Lipinski definition) is 5. The number of carbonyl (C=O) groups excluding carboxylic acids is 1. The van der Waals surface area contributed by atoms with Gasteiger partial charge in [0.05, 0.1) is 19.0 Å². The molecule has 0 spiro atoms. The van der Waals surface area contributed by atoms with Gasteiger partial charge in [0.1, 0.15) is 18.9 Å². The number of benzene rings is 1. The predicted octanol–water partition coefficient (Wildman–Crippen LogP) is 1.22. The van der Waals surface area contributed by atoms with Crippen LogP contribution in [0.3, 0.4) is 0 Å². The van der Waals surface area contributed by atoms with Crippen molar-refractivity contribution in [2.45, 2.75) is 13.2 Å². The fourth-order valence-corrected chi connectivity index (χ4v) is 1.62. The zero-order chi connectivity index (χ0) is 13.7. The topological polar surface area (TPSA) is 79.4 Å². The smallest absolute Gasteiger partial charge is 0.328 e. The van der Waals surface area contributed by atoms with E-state index < -0.39 is 0 Å². The van der Waals surface area contributed by atoms with Crippen LogP contribution in [0.15, 0.2) is 36.7 Å². The number of para-hydroxylation sites is 1. The summed E-state index contributed by atoms with van der Waals surface area (Å²) in [6.45, 7) is 0.200. The van der Waals surface area contributed by atoms with Crippen molar-refractivity contribution in [3.8, 4) is 5.75 Å². The first-order valence-electron chi connectivity index (χ1n) is 5.74. The lowest BCUT2D eigenvalue weighted by Crippen LogP contribution is -2.14. The quantitative estimate of drug-likeness (QED) is 0.818. The van der Waals surface area contributed by atoms with Crippen molar-refractivity contribution in [2.75, 3.05) is 12.8 Å². The number of ether oxygens (including phenoxy) is 2. The van der Waals surface area contributed by atoms with Crippen LogP contribution >= 0.6 is 0 Å². The van der Waals surface area contributed by atoms with Crippen LogP contribution in [0.1, 0.15) is 5.56 Å². The molecule has 6 heteroatoms. The minimum absolute atomic E-state index is 0.0341. The number of nitrogens with two attached hydrogens (primary N) is 1. The van der Waals surface area contributed by atoms with E-state index in [0.717, 1.165) is 5.56 Å². The van der Waals surface area contributed by atoms with E-state index in [-0.39, 0.29) is 19.1 Å². The summed E-state index contributed by atoms with van der Waals surface area (Å²) in [6.07, 6.45) is 3.05. The minimum atomic E-state index is -0.381. The Balaban J connectivity index is 1.89. The summed E-state index contributed by atoms with van der Waals surface area (Å²) in [7, 11) is 1.58. The molecule has 0 fully saturated rings. The summed E-state index contributed by atoms with van der Waals surface area (Å²) in [5.41, 5.74) is 6.83. The van der Waals surface area contributed by atoms with E-state index in [2.05, 4.69) is 5.10 Å². The Hall–Kier alpha value is -2.50. The summed E-state index contributed by atoms with van der Waals surface area (Å²) in [5.74, 6) is 0.313. The number of nitrogens with zero attached hydrogens (tertiary/aromatic N) is 2. The van der Waals surface area contributed by atoms with Gasteiger partial charge in [0.15, 0.2) is 0 Å². The van der Waals surface area contributed by atoms with Crippen molar-refractivity contribution in [1.82, 2.24) is 9.78 Å². The summed E-state index contributed by atoms with van der Waals surface area (Å²) in [4.78, 5) is 11.6. The highest BCUT2D eigenvalue weighted by Crippen LogP contribution is 2.18. The molecular weight excluding hydrogens is 246 g/mol. The van der Waals surface area contributed by atoms with Crippen molar-refractivity contribution >= 4 is 11.7 Å². The van der Waals surface area contributed by atoms with E-state index in [1.165, 1.54) is 10.9 Å². The highest BCUT2D eigenvalue weighted by Gasteiger charge is 2.08. The molecule has 0 saturated carbocycles. The Labute approximate surface area is 110 Å². The zero-order valence-electron chi connectivity index (χ0n) is 10.6. The number of esters is 1. The van der Waals surface area contributed by atoms with Crippen LogP contribution in [0, 0.1) is 0 Å². The van der Waals surface area contributed by atoms with E-state index >= 15 is 0 Å². The Morgan fingerprint density at radius 1 is 1.42 bits per heavy atom. The molecule has 0 aliphatic rings. The van der Waals surface area contributed by atoms with Gasteiger partial charge in [-0.3, -0.25) is 9.48 Å². The summed E-state index contributed by atoms with van der Waals surface area (Å²) >= 11 is 0. The first kappa shape index (κ1) is 12.9. The first-order valence-corrected chi connectivity index (χ1v) is 5.74. The average Bonchev–Trinajstić information content (AvgIpc) is 2.82. The maximum atomic E-state index is 11.6. The number of carbonyl (C=O) groups is 1. The molecule has 1 aromatic heterocycles. The lowest BCUT2D eigenvalue weighted by Gasteiger charge is -2.09. The zero-order valence-corrected chi connectivity index (χ0v) is 10.6. The third kappa shape index (κ3) is 3.48. The molecule has 0 atom stereocenters. The second-order valence-corrected chi connectivity index (χ2v) is 3.94. The molecule has 0 aliphatic heterocycles.